The fraction of sp³-hybridized carbons (Fsp3) is 0.0625. The predicted molar refractivity (Wildman–Crippen MR) is 92.3 cm³/mol. The number of aromatic amines is 1. The molecule has 4 nitrogen and oxygen atoms in total. The Balaban J connectivity index is 2.03. The third-order valence-electron chi connectivity index (χ3n) is 3.33. The number of nitrogens with one attached hydrogen (secondary N) is 1. The van der Waals surface area contributed by atoms with Gasteiger partial charge in [0.25, 0.3) is 0 Å². The van der Waals surface area contributed by atoms with Crippen molar-refractivity contribution in [3.63, 3.8) is 0 Å². The third kappa shape index (κ3) is 3.80. The van der Waals surface area contributed by atoms with Gasteiger partial charge in [-0.2, -0.15) is 28.0 Å². The van der Waals surface area contributed by atoms with Gasteiger partial charge in [-0.05, 0) is 42.5 Å². The Hall–Kier alpha value is -2.45. The molecule has 0 fully saturated rings. The normalized spacial score (nSPS) is 12.0. The van der Waals surface area contributed by atoms with Crippen molar-refractivity contribution in [1.29, 1.82) is 0 Å². The second-order valence-corrected chi connectivity index (χ2v) is 5.82. The predicted octanol–water partition coefficient (Wildman–Crippen LogP) is 5.16. The van der Waals surface area contributed by atoms with Crippen molar-refractivity contribution in [3.05, 3.63) is 69.5 Å². The van der Waals surface area contributed by atoms with E-state index in [1.807, 2.05) is 0 Å². The standard InChI is InChI=1S/C16H10ClF3N4S/c17-12-7-5-10(6-8-12)14-22-23-15(25)24(14)21-9-11-3-1-2-4-13(11)16(18,19)20/h1-9H,(H,23,25)/b21-9+. The fourth-order valence-corrected chi connectivity index (χ4v) is 2.48. The van der Waals surface area contributed by atoms with Crippen LogP contribution in [0.2, 0.25) is 5.02 Å². The highest BCUT2D eigenvalue weighted by atomic mass is 35.5. The Bertz CT molecular complexity index is 974. The maximum atomic E-state index is 13.1. The summed E-state index contributed by atoms with van der Waals surface area (Å²) in [5.41, 5.74) is -0.181. The van der Waals surface area contributed by atoms with Crippen molar-refractivity contribution in [3.8, 4) is 11.4 Å². The van der Waals surface area contributed by atoms with Gasteiger partial charge >= 0.3 is 6.18 Å². The quantitative estimate of drug-likeness (QED) is 0.502. The monoisotopic (exact) mass is 382 g/mol. The van der Waals surface area contributed by atoms with E-state index in [1.54, 1.807) is 24.3 Å². The van der Waals surface area contributed by atoms with Gasteiger partial charge in [0.05, 0.1) is 11.8 Å². The van der Waals surface area contributed by atoms with Crippen molar-refractivity contribution in [2.75, 3.05) is 0 Å². The largest absolute Gasteiger partial charge is 0.417 e. The molecule has 0 spiro atoms. The minimum absolute atomic E-state index is 0.0693. The van der Waals surface area contributed by atoms with Crippen LogP contribution in [0, 0.1) is 4.77 Å². The summed E-state index contributed by atoms with van der Waals surface area (Å²) in [6, 6.07) is 11.9. The van der Waals surface area contributed by atoms with Gasteiger partial charge in [-0.1, -0.05) is 29.8 Å². The highest BCUT2D eigenvalue weighted by molar-refractivity contribution is 7.71. The zero-order valence-corrected chi connectivity index (χ0v) is 14.0. The minimum atomic E-state index is -4.47. The summed E-state index contributed by atoms with van der Waals surface area (Å²) >= 11 is 11.0. The number of benzene rings is 2. The van der Waals surface area contributed by atoms with Crippen LogP contribution in [-0.4, -0.2) is 21.1 Å². The summed E-state index contributed by atoms with van der Waals surface area (Å²) in [6.45, 7) is 0. The number of rotatable bonds is 3. The number of hydrogen-bond donors (Lipinski definition) is 1. The van der Waals surface area contributed by atoms with E-state index < -0.39 is 11.7 Å². The highest BCUT2D eigenvalue weighted by Crippen LogP contribution is 2.31. The van der Waals surface area contributed by atoms with Gasteiger partial charge < -0.3 is 0 Å². The average molecular weight is 383 g/mol. The third-order valence-corrected chi connectivity index (χ3v) is 3.85. The highest BCUT2D eigenvalue weighted by Gasteiger charge is 2.32. The molecule has 0 saturated heterocycles. The smallest absolute Gasteiger partial charge is 0.250 e. The summed E-state index contributed by atoms with van der Waals surface area (Å²) < 4.78 is 40.6. The lowest BCUT2D eigenvalue weighted by Gasteiger charge is -2.09. The molecule has 0 aliphatic heterocycles. The molecule has 9 heteroatoms. The molecule has 0 atom stereocenters. The maximum Gasteiger partial charge on any atom is 0.417 e. The lowest BCUT2D eigenvalue weighted by Crippen LogP contribution is -2.09. The fourth-order valence-electron chi connectivity index (χ4n) is 2.17. The molecule has 0 aliphatic carbocycles. The van der Waals surface area contributed by atoms with Gasteiger partial charge in [0.15, 0.2) is 5.82 Å². The van der Waals surface area contributed by atoms with Gasteiger partial charge in [-0.3, -0.25) is 0 Å². The number of alkyl halides is 3. The molecule has 0 radical (unpaired) electrons. The van der Waals surface area contributed by atoms with Gasteiger partial charge in [-0.15, -0.1) is 0 Å². The van der Waals surface area contributed by atoms with E-state index in [0.29, 0.717) is 16.4 Å². The van der Waals surface area contributed by atoms with Crippen LogP contribution in [0.3, 0.4) is 0 Å². The number of nitrogens with zero attached hydrogens (tertiary/aromatic N) is 3. The Morgan fingerprint density at radius 1 is 1.12 bits per heavy atom. The van der Waals surface area contributed by atoms with E-state index in [9.17, 15) is 13.2 Å². The Kier molecular flexibility index (Phi) is 4.73. The second kappa shape index (κ2) is 6.81. The van der Waals surface area contributed by atoms with Crippen LogP contribution < -0.4 is 0 Å². The zero-order valence-electron chi connectivity index (χ0n) is 12.5. The molecule has 0 aliphatic rings. The first kappa shape index (κ1) is 17.4. The van der Waals surface area contributed by atoms with E-state index in [2.05, 4.69) is 15.3 Å². The van der Waals surface area contributed by atoms with Crippen LogP contribution in [-0.2, 0) is 6.18 Å². The first-order valence-electron chi connectivity index (χ1n) is 7.00. The minimum Gasteiger partial charge on any atom is -0.250 e. The molecule has 3 rings (SSSR count). The van der Waals surface area contributed by atoms with Crippen molar-refractivity contribution in [1.82, 2.24) is 14.9 Å². The van der Waals surface area contributed by atoms with Crippen LogP contribution in [0.1, 0.15) is 11.1 Å². The molecule has 3 aromatic rings. The molecule has 0 bridgehead atoms. The molecule has 128 valence electrons. The van der Waals surface area contributed by atoms with E-state index in [4.69, 9.17) is 23.8 Å². The average Bonchev–Trinajstić information content (AvgIpc) is 2.94. The number of H-pyrrole nitrogens is 1. The van der Waals surface area contributed by atoms with E-state index >= 15 is 0 Å². The van der Waals surface area contributed by atoms with E-state index in [1.165, 1.54) is 22.9 Å². The van der Waals surface area contributed by atoms with Crippen LogP contribution >= 0.6 is 23.8 Å². The van der Waals surface area contributed by atoms with Gasteiger partial charge in [0.2, 0.25) is 4.77 Å². The molecule has 1 N–H and O–H groups in total. The molecule has 1 aromatic heterocycles. The van der Waals surface area contributed by atoms with Crippen LogP contribution in [0.15, 0.2) is 53.6 Å². The summed E-state index contributed by atoms with van der Waals surface area (Å²) in [6.07, 6.45) is -3.37. The molecule has 1 heterocycles. The molecule has 0 unspecified atom stereocenters. The maximum absolute atomic E-state index is 13.1. The number of hydrogen-bond acceptors (Lipinski definition) is 3. The first-order chi connectivity index (χ1) is 11.9. The lowest BCUT2D eigenvalue weighted by atomic mass is 10.1. The summed E-state index contributed by atoms with van der Waals surface area (Å²) in [4.78, 5) is 0. The van der Waals surface area contributed by atoms with Gasteiger partial charge in [0, 0.05) is 16.1 Å². The Morgan fingerprint density at radius 3 is 2.48 bits per heavy atom. The van der Waals surface area contributed by atoms with Crippen LogP contribution in [0.25, 0.3) is 11.4 Å². The van der Waals surface area contributed by atoms with E-state index in [0.717, 1.165) is 12.3 Å². The number of aromatic nitrogens is 3. The molecular formula is C16H10ClF3N4S. The molecule has 0 saturated carbocycles. The van der Waals surface area contributed by atoms with Gasteiger partial charge in [0.1, 0.15) is 0 Å². The van der Waals surface area contributed by atoms with Crippen molar-refractivity contribution in [2.24, 2.45) is 5.10 Å². The Labute approximate surface area is 150 Å². The molecule has 0 amide bonds. The first-order valence-corrected chi connectivity index (χ1v) is 7.79. The van der Waals surface area contributed by atoms with Gasteiger partial charge in [-0.25, -0.2) is 5.10 Å². The van der Waals surface area contributed by atoms with Crippen molar-refractivity contribution in [2.45, 2.75) is 6.18 Å². The molecule has 25 heavy (non-hydrogen) atoms. The SMILES string of the molecule is FC(F)(F)c1ccccc1/C=N/n1c(-c2ccc(Cl)cc2)n[nH]c1=S. The number of halogens is 4. The van der Waals surface area contributed by atoms with E-state index in [-0.39, 0.29) is 10.3 Å². The lowest BCUT2D eigenvalue weighted by molar-refractivity contribution is -0.137. The van der Waals surface area contributed by atoms with Crippen LogP contribution in [0.5, 0.6) is 0 Å². The summed E-state index contributed by atoms with van der Waals surface area (Å²) in [7, 11) is 0. The summed E-state index contributed by atoms with van der Waals surface area (Å²) in [5, 5.41) is 11.3. The van der Waals surface area contributed by atoms with Crippen molar-refractivity contribution < 1.29 is 13.2 Å². The van der Waals surface area contributed by atoms with Crippen LogP contribution in [0.4, 0.5) is 13.2 Å². The second-order valence-electron chi connectivity index (χ2n) is 5.00. The van der Waals surface area contributed by atoms with Crippen molar-refractivity contribution >= 4 is 30.0 Å². The molecular weight excluding hydrogens is 373 g/mol. The molecule has 2 aromatic carbocycles. The zero-order chi connectivity index (χ0) is 18.0. The summed E-state index contributed by atoms with van der Waals surface area (Å²) in [5.74, 6) is 0.363. The topological polar surface area (TPSA) is 46.0 Å². The Morgan fingerprint density at radius 2 is 1.80 bits per heavy atom.